The molecule has 0 unspecified atom stereocenters. The molecule has 1 aliphatic heterocycles. The van der Waals surface area contributed by atoms with E-state index in [1.165, 1.54) is 0 Å². The lowest BCUT2D eigenvalue weighted by Gasteiger charge is -2.19. The number of nitrogens with one attached hydrogen (secondary N) is 3. The van der Waals surface area contributed by atoms with E-state index in [0.717, 1.165) is 48.2 Å². The van der Waals surface area contributed by atoms with Gasteiger partial charge in [-0.15, -0.1) is 0 Å². The molecular formula is C22H20ClN5O2. The third-order valence-electron chi connectivity index (χ3n) is 5.38. The fourth-order valence-electron chi connectivity index (χ4n) is 3.80. The Morgan fingerprint density at radius 1 is 1.13 bits per heavy atom. The first kappa shape index (κ1) is 18.8. The molecule has 3 heterocycles. The number of amides is 1. The van der Waals surface area contributed by atoms with Gasteiger partial charge < -0.3 is 20.1 Å². The van der Waals surface area contributed by atoms with E-state index >= 15 is 0 Å². The van der Waals surface area contributed by atoms with Gasteiger partial charge in [-0.25, -0.2) is 4.98 Å². The summed E-state index contributed by atoms with van der Waals surface area (Å²) in [5.41, 5.74) is 3.88. The summed E-state index contributed by atoms with van der Waals surface area (Å²) in [6, 6.07) is 14.7. The van der Waals surface area contributed by atoms with Crippen LogP contribution in [0.15, 0.2) is 53.1 Å². The maximum atomic E-state index is 12.8. The minimum Gasteiger partial charge on any atom is -0.351 e. The van der Waals surface area contributed by atoms with Crippen LogP contribution >= 0.6 is 11.6 Å². The fraction of sp³-hybridized carbons (Fsp3) is 0.227. The molecule has 4 aromatic rings. The van der Waals surface area contributed by atoms with Crippen LogP contribution in [0.1, 0.15) is 35.0 Å². The summed E-state index contributed by atoms with van der Waals surface area (Å²) >= 11 is 6.08. The van der Waals surface area contributed by atoms with Crippen molar-refractivity contribution in [3.8, 4) is 11.4 Å². The van der Waals surface area contributed by atoms with Gasteiger partial charge in [0.2, 0.25) is 5.76 Å². The van der Waals surface area contributed by atoms with E-state index in [4.69, 9.17) is 16.1 Å². The lowest BCUT2D eigenvalue weighted by molar-refractivity contribution is 0.0988. The number of halogens is 1. The average molecular weight is 422 g/mol. The molecular weight excluding hydrogens is 402 g/mol. The Labute approximate surface area is 177 Å². The van der Waals surface area contributed by atoms with Crippen LogP contribution in [-0.2, 0) is 0 Å². The van der Waals surface area contributed by atoms with Crippen molar-refractivity contribution in [3.63, 3.8) is 0 Å². The highest BCUT2D eigenvalue weighted by Crippen LogP contribution is 2.29. The number of rotatable bonds is 4. The summed E-state index contributed by atoms with van der Waals surface area (Å²) in [6.07, 6.45) is 1.99. The molecule has 5 rings (SSSR count). The second-order valence-electron chi connectivity index (χ2n) is 7.39. The molecule has 1 aliphatic rings. The Hall–Kier alpha value is -3.16. The summed E-state index contributed by atoms with van der Waals surface area (Å²) < 4.78 is 5.34. The van der Waals surface area contributed by atoms with Crippen molar-refractivity contribution >= 4 is 34.2 Å². The van der Waals surface area contributed by atoms with Crippen LogP contribution in [-0.4, -0.2) is 34.1 Å². The molecule has 0 atom stereocenters. The second kappa shape index (κ2) is 7.93. The van der Waals surface area contributed by atoms with Gasteiger partial charge in [0.1, 0.15) is 5.82 Å². The third kappa shape index (κ3) is 3.69. The van der Waals surface area contributed by atoms with E-state index in [1.807, 2.05) is 36.4 Å². The highest BCUT2D eigenvalue weighted by molar-refractivity contribution is 6.31. The molecule has 0 saturated carbocycles. The number of anilines is 1. The zero-order valence-corrected chi connectivity index (χ0v) is 16.9. The maximum absolute atomic E-state index is 12.8. The summed E-state index contributed by atoms with van der Waals surface area (Å²) in [7, 11) is 0. The topological polar surface area (TPSA) is 95.8 Å². The Morgan fingerprint density at radius 2 is 1.97 bits per heavy atom. The molecule has 2 aromatic heterocycles. The first-order valence-electron chi connectivity index (χ1n) is 9.91. The molecule has 0 spiro atoms. The van der Waals surface area contributed by atoms with Crippen LogP contribution in [0.4, 0.5) is 5.69 Å². The maximum Gasteiger partial charge on any atom is 0.294 e. The number of aromatic nitrogens is 3. The number of hydrogen-bond acceptors (Lipinski definition) is 5. The number of nitrogens with zero attached hydrogens (tertiary/aromatic N) is 2. The second-order valence-corrected chi connectivity index (χ2v) is 7.82. The van der Waals surface area contributed by atoms with Crippen molar-refractivity contribution in [1.29, 1.82) is 0 Å². The van der Waals surface area contributed by atoms with Gasteiger partial charge in [0, 0.05) is 22.6 Å². The van der Waals surface area contributed by atoms with E-state index in [9.17, 15) is 4.79 Å². The minimum absolute atomic E-state index is 0.203. The molecule has 3 N–H and O–H groups in total. The number of hydrogen-bond donors (Lipinski definition) is 3. The fourth-order valence-corrected chi connectivity index (χ4v) is 3.97. The summed E-state index contributed by atoms with van der Waals surface area (Å²) in [4.78, 5) is 20.7. The molecule has 1 fully saturated rings. The predicted molar refractivity (Wildman–Crippen MR) is 116 cm³/mol. The van der Waals surface area contributed by atoms with Crippen LogP contribution in [0.25, 0.3) is 22.4 Å². The summed E-state index contributed by atoms with van der Waals surface area (Å²) in [5.74, 6) is 0.839. The Kier molecular flexibility index (Phi) is 4.98. The monoisotopic (exact) mass is 421 g/mol. The molecule has 0 bridgehead atoms. The molecule has 0 radical (unpaired) electrons. The number of benzene rings is 2. The van der Waals surface area contributed by atoms with E-state index in [-0.39, 0.29) is 11.7 Å². The van der Waals surface area contributed by atoms with Crippen LogP contribution < -0.4 is 10.6 Å². The molecule has 1 amide bonds. The van der Waals surface area contributed by atoms with Crippen LogP contribution in [0.3, 0.4) is 0 Å². The lowest BCUT2D eigenvalue weighted by atomic mass is 9.94. The van der Waals surface area contributed by atoms with Crippen LogP contribution in [0, 0.1) is 0 Å². The van der Waals surface area contributed by atoms with Crippen molar-refractivity contribution in [3.05, 3.63) is 65.0 Å². The van der Waals surface area contributed by atoms with Crippen LogP contribution in [0.2, 0.25) is 5.02 Å². The predicted octanol–water partition coefficient (Wildman–Crippen LogP) is 4.59. The van der Waals surface area contributed by atoms with Crippen molar-refractivity contribution in [2.45, 2.75) is 18.8 Å². The molecule has 8 heteroatoms. The summed E-state index contributed by atoms with van der Waals surface area (Å²) in [6.45, 7) is 1.91. The van der Waals surface area contributed by atoms with Crippen molar-refractivity contribution in [2.75, 3.05) is 18.4 Å². The largest absolute Gasteiger partial charge is 0.351 e. The van der Waals surface area contributed by atoms with Gasteiger partial charge in [0.15, 0.2) is 0 Å². The highest BCUT2D eigenvalue weighted by Gasteiger charge is 2.22. The van der Waals surface area contributed by atoms with Gasteiger partial charge in [-0.05, 0) is 56.3 Å². The van der Waals surface area contributed by atoms with E-state index in [1.54, 1.807) is 12.1 Å². The smallest absolute Gasteiger partial charge is 0.294 e. The van der Waals surface area contributed by atoms with Gasteiger partial charge in [-0.3, -0.25) is 4.79 Å². The number of carbonyl (C=O) groups is 1. The van der Waals surface area contributed by atoms with Gasteiger partial charge >= 0.3 is 0 Å². The van der Waals surface area contributed by atoms with Crippen molar-refractivity contribution in [2.24, 2.45) is 0 Å². The summed E-state index contributed by atoms with van der Waals surface area (Å²) in [5, 5.41) is 11.0. The van der Waals surface area contributed by atoms with Crippen molar-refractivity contribution < 1.29 is 9.32 Å². The van der Waals surface area contributed by atoms with Crippen LogP contribution in [0.5, 0.6) is 0 Å². The van der Waals surface area contributed by atoms with Gasteiger partial charge in [-0.2, -0.15) is 0 Å². The average Bonchev–Trinajstić information content (AvgIpc) is 3.42. The molecule has 7 nitrogen and oxygen atoms in total. The number of aromatic amines is 1. The molecule has 30 heavy (non-hydrogen) atoms. The van der Waals surface area contributed by atoms with E-state index in [2.05, 4.69) is 25.8 Å². The van der Waals surface area contributed by atoms with Crippen molar-refractivity contribution in [1.82, 2.24) is 20.4 Å². The van der Waals surface area contributed by atoms with Gasteiger partial charge in [-0.1, -0.05) is 28.9 Å². The first-order valence-corrected chi connectivity index (χ1v) is 10.3. The zero-order valence-electron chi connectivity index (χ0n) is 16.1. The van der Waals surface area contributed by atoms with E-state index < -0.39 is 0 Å². The zero-order chi connectivity index (χ0) is 20.5. The Bertz CT molecular complexity index is 1210. The molecule has 0 aliphatic carbocycles. The number of H-pyrrole nitrogens is 1. The lowest BCUT2D eigenvalue weighted by Crippen LogP contribution is -2.26. The quantitative estimate of drug-likeness (QED) is 0.448. The number of imidazole rings is 1. The number of fused-ring (bicyclic) bond motifs is 1. The first-order chi connectivity index (χ1) is 14.7. The van der Waals surface area contributed by atoms with E-state index in [0.29, 0.717) is 22.5 Å². The standard InChI is InChI=1S/C22H20ClN5O2/c23-14-5-6-17-19(11-14)26-21(25-17)15-3-1-2-4-16(15)27-22(29)20-12-18(28-30-20)13-7-9-24-10-8-13/h1-6,11-13,24H,7-10H2,(H,25,26)(H,27,29). The number of piperidine rings is 1. The van der Waals surface area contributed by atoms with Gasteiger partial charge in [0.25, 0.3) is 5.91 Å². The number of carbonyl (C=O) groups excluding carboxylic acids is 1. The number of para-hydroxylation sites is 1. The minimum atomic E-state index is -0.339. The Balaban J connectivity index is 1.40. The molecule has 1 saturated heterocycles. The van der Waals surface area contributed by atoms with Gasteiger partial charge in [0.05, 0.1) is 22.4 Å². The SMILES string of the molecule is O=C(Nc1ccccc1-c1nc2ccc(Cl)cc2[nH]1)c1cc(C2CCNCC2)no1. The highest BCUT2D eigenvalue weighted by atomic mass is 35.5. The molecule has 152 valence electrons. The normalized spacial score (nSPS) is 14.8. The third-order valence-corrected chi connectivity index (χ3v) is 5.62. The Morgan fingerprint density at radius 3 is 2.83 bits per heavy atom. The molecule has 2 aromatic carbocycles.